The molecular weight excluding hydrogens is 216 g/mol. The van der Waals surface area contributed by atoms with Crippen LogP contribution in [0.25, 0.3) is 0 Å². The van der Waals surface area contributed by atoms with Gasteiger partial charge in [0, 0.05) is 40.2 Å². The maximum absolute atomic E-state index is 11.4. The third-order valence-electron chi connectivity index (χ3n) is 2.72. The van der Waals surface area contributed by atoms with E-state index in [4.69, 9.17) is 0 Å². The molecule has 0 radical (unpaired) electrons. The highest BCUT2D eigenvalue weighted by atomic mass is 16.2. The molecule has 5 nitrogen and oxygen atoms in total. The van der Waals surface area contributed by atoms with Crippen LogP contribution in [-0.2, 0) is 4.79 Å². The summed E-state index contributed by atoms with van der Waals surface area (Å²) in [5, 5.41) is 6.42. The molecule has 0 heterocycles. The summed E-state index contributed by atoms with van der Waals surface area (Å²) in [6.45, 7) is 7.02. The van der Waals surface area contributed by atoms with Crippen molar-refractivity contribution in [3.05, 3.63) is 0 Å². The molecule has 0 fully saturated rings. The van der Waals surface area contributed by atoms with E-state index < -0.39 is 0 Å². The van der Waals surface area contributed by atoms with Gasteiger partial charge < -0.3 is 15.5 Å². The van der Waals surface area contributed by atoms with Crippen LogP contribution in [0.5, 0.6) is 0 Å². The van der Waals surface area contributed by atoms with Crippen molar-refractivity contribution in [2.75, 3.05) is 27.7 Å². The summed E-state index contributed by atoms with van der Waals surface area (Å²) in [4.78, 5) is 17.1. The van der Waals surface area contributed by atoms with E-state index in [2.05, 4.69) is 36.4 Å². The van der Waals surface area contributed by atoms with Crippen LogP contribution in [0, 0.1) is 5.92 Å². The molecule has 0 aromatic carbocycles. The maximum Gasteiger partial charge on any atom is 0.223 e. The summed E-state index contributed by atoms with van der Waals surface area (Å²) in [5.74, 6) is 1.40. The molecule has 100 valence electrons. The number of aliphatic imine (C=N–C) groups is 1. The van der Waals surface area contributed by atoms with E-state index in [1.807, 2.05) is 0 Å². The molecule has 1 atom stereocenters. The molecule has 1 amide bonds. The van der Waals surface area contributed by atoms with Crippen molar-refractivity contribution in [1.29, 1.82) is 0 Å². The molecule has 0 aliphatic heterocycles. The fourth-order valence-corrected chi connectivity index (χ4v) is 1.09. The Hall–Kier alpha value is -1.26. The number of hydrogen-bond acceptors (Lipinski definition) is 2. The predicted octanol–water partition coefficient (Wildman–Crippen LogP) is 0.674. The molecule has 17 heavy (non-hydrogen) atoms. The van der Waals surface area contributed by atoms with Crippen LogP contribution >= 0.6 is 0 Å². The van der Waals surface area contributed by atoms with Gasteiger partial charge in [0.1, 0.15) is 0 Å². The number of carbonyl (C=O) groups is 1. The summed E-state index contributed by atoms with van der Waals surface area (Å²) >= 11 is 0. The van der Waals surface area contributed by atoms with E-state index in [0.717, 1.165) is 5.96 Å². The molecule has 0 bridgehead atoms. The van der Waals surface area contributed by atoms with E-state index in [0.29, 0.717) is 24.9 Å². The predicted molar refractivity (Wildman–Crippen MR) is 72.1 cm³/mol. The first-order chi connectivity index (χ1) is 7.88. The SMILES string of the molecule is CN=C(NCCC(=O)N(C)C)NC(C)C(C)C. The van der Waals surface area contributed by atoms with Crippen molar-refractivity contribution in [2.24, 2.45) is 10.9 Å². The van der Waals surface area contributed by atoms with E-state index in [9.17, 15) is 4.79 Å². The number of carbonyl (C=O) groups excluding carboxylic acids is 1. The lowest BCUT2D eigenvalue weighted by atomic mass is 10.1. The lowest BCUT2D eigenvalue weighted by Gasteiger charge is -2.20. The highest BCUT2D eigenvalue weighted by Crippen LogP contribution is 1.98. The number of nitrogens with one attached hydrogen (secondary N) is 2. The molecule has 0 aromatic heterocycles. The van der Waals surface area contributed by atoms with Crippen LogP contribution in [-0.4, -0.2) is 50.5 Å². The summed E-state index contributed by atoms with van der Waals surface area (Å²) in [5.41, 5.74) is 0. The van der Waals surface area contributed by atoms with Crippen LogP contribution in [0.15, 0.2) is 4.99 Å². The minimum atomic E-state index is 0.116. The summed E-state index contributed by atoms with van der Waals surface area (Å²) in [7, 11) is 5.25. The van der Waals surface area contributed by atoms with Gasteiger partial charge in [0.2, 0.25) is 5.91 Å². The zero-order chi connectivity index (χ0) is 13.4. The van der Waals surface area contributed by atoms with Gasteiger partial charge in [-0.25, -0.2) is 0 Å². The Bertz CT molecular complexity index is 261. The van der Waals surface area contributed by atoms with Crippen molar-refractivity contribution >= 4 is 11.9 Å². The summed E-state index contributed by atoms with van der Waals surface area (Å²) in [6.07, 6.45) is 0.476. The Kier molecular flexibility index (Phi) is 7.34. The minimum absolute atomic E-state index is 0.116. The van der Waals surface area contributed by atoms with Crippen molar-refractivity contribution < 1.29 is 4.79 Å². The number of amides is 1. The standard InChI is InChI=1S/C12H26N4O/c1-9(2)10(3)15-12(13-4)14-8-7-11(17)16(5)6/h9-10H,7-8H2,1-6H3,(H2,13,14,15). The number of nitrogens with zero attached hydrogens (tertiary/aromatic N) is 2. The van der Waals surface area contributed by atoms with Gasteiger partial charge in [-0.3, -0.25) is 9.79 Å². The Balaban J connectivity index is 3.96. The van der Waals surface area contributed by atoms with Crippen LogP contribution in [0.4, 0.5) is 0 Å². The van der Waals surface area contributed by atoms with Crippen LogP contribution in [0.1, 0.15) is 27.2 Å². The molecule has 0 aliphatic carbocycles. The zero-order valence-electron chi connectivity index (χ0n) is 11.9. The molecule has 0 aliphatic rings. The van der Waals surface area contributed by atoms with Gasteiger partial charge in [0.25, 0.3) is 0 Å². The zero-order valence-corrected chi connectivity index (χ0v) is 11.9. The van der Waals surface area contributed by atoms with Crippen molar-refractivity contribution in [3.63, 3.8) is 0 Å². The van der Waals surface area contributed by atoms with E-state index in [1.165, 1.54) is 0 Å². The fourth-order valence-electron chi connectivity index (χ4n) is 1.09. The van der Waals surface area contributed by atoms with Gasteiger partial charge in [-0.05, 0) is 12.8 Å². The molecule has 0 aromatic rings. The van der Waals surface area contributed by atoms with Crippen molar-refractivity contribution in [3.8, 4) is 0 Å². The molecular formula is C12H26N4O. The first kappa shape index (κ1) is 15.7. The second-order valence-electron chi connectivity index (χ2n) is 4.71. The van der Waals surface area contributed by atoms with Gasteiger partial charge >= 0.3 is 0 Å². The third-order valence-corrected chi connectivity index (χ3v) is 2.72. The highest BCUT2D eigenvalue weighted by Gasteiger charge is 2.09. The Morgan fingerprint density at radius 2 is 1.88 bits per heavy atom. The molecule has 0 spiro atoms. The van der Waals surface area contributed by atoms with E-state index in [1.54, 1.807) is 26.0 Å². The van der Waals surface area contributed by atoms with Gasteiger partial charge in [0.05, 0.1) is 0 Å². The smallest absolute Gasteiger partial charge is 0.223 e. The Morgan fingerprint density at radius 3 is 2.29 bits per heavy atom. The largest absolute Gasteiger partial charge is 0.356 e. The normalized spacial score (nSPS) is 13.5. The minimum Gasteiger partial charge on any atom is -0.356 e. The van der Waals surface area contributed by atoms with Gasteiger partial charge in [-0.15, -0.1) is 0 Å². The Labute approximate surface area is 105 Å². The maximum atomic E-state index is 11.4. The van der Waals surface area contributed by atoms with E-state index in [-0.39, 0.29) is 5.91 Å². The number of hydrogen-bond donors (Lipinski definition) is 2. The quantitative estimate of drug-likeness (QED) is 0.550. The molecule has 0 saturated heterocycles. The van der Waals surface area contributed by atoms with Crippen LogP contribution in [0.3, 0.4) is 0 Å². The first-order valence-corrected chi connectivity index (χ1v) is 6.05. The van der Waals surface area contributed by atoms with Gasteiger partial charge in [-0.1, -0.05) is 13.8 Å². The average Bonchev–Trinajstić information content (AvgIpc) is 2.26. The van der Waals surface area contributed by atoms with Crippen LogP contribution in [0.2, 0.25) is 0 Å². The molecule has 1 unspecified atom stereocenters. The van der Waals surface area contributed by atoms with Crippen molar-refractivity contribution in [1.82, 2.24) is 15.5 Å². The molecule has 0 rings (SSSR count). The molecule has 2 N–H and O–H groups in total. The molecule has 0 saturated carbocycles. The monoisotopic (exact) mass is 242 g/mol. The van der Waals surface area contributed by atoms with Crippen LogP contribution < -0.4 is 10.6 Å². The number of rotatable bonds is 5. The first-order valence-electron chi connectivity index (χ1n) is 6.05. The van der Waals surface area contributed by atoms with E-state index >= 15 is 0 Å². The lowest BCUT2D eigenvalue weighted by Crippen LogP contribution is -2.45. The number of guanidine groups is 1. The third kappa shape index (κ3) is 6.81. The fraction of sp³-hybridized carbons (Fsp3) is 0.833. The highest BCUT2D eigenvalue weighted by molar-refractivity contribution is 5.81. The summed E-state index contributed by atoms with van der Waals surface area (Å²) in [6, 6.07) is 0.353. The van der Waals surface area contributed by atoms with Gasteiger partial charge in [-0.2, -0.15) is 0 Å². The van der Waals surface area contributed by atoms with Crippen molar-refractivity contribution in [2.45, 2.75) is 33.2 Å². The lowest BCUT2D eigenvalue weighted by molar-refractivity contribution is -0.128. The van der Waals surface area contributed by atoms with Gasteiger partial charge in [0.15, 0.2) is 5.96 Å². The Morgan fingerprint density at radius 1 is 1.29 bits per heavy atom. The average molecular weight is 242 g/mol. The second kappa shape index (κ2) is 7.92. The summed E-state index contributed by atoms with van der Waals surface area (Å²) < 4.78 is 0. The molecule has 5 heteroatoms. The second-order valence-corrected chi connectivity index (χ2v) is 4.71. The topological polar surface area (TPSA) is 56.7 Å².